The summed E-state index contributed by atoms with van der Waals surface area (Å²) in [5.74, 6) is -4.58. The fourth-order valence-electron chi connectivity index (χ4n) is 1.03. The Balaban J connectivity index is 3.19. The van der Waals surface area contributed by atoms with Crippen molar-refractivity contribution in [3.8, 4) is 0 Å². The predicted molar refractivity (Wildman–Crippen MR) is 46.4 cm³/mol. The van der Waals surface area contributed by atoms with Gasteiger partial charge in [0.15, 0.2) is 5.83 Å². The highest BCUT2D eigenvalue weighted by Crippen LogP contribution is 2.34. The van der Waals surface area contributed by atoms with Gasteiger partial charge in [-0.1, -0.05) is 23.8 Å². The maximum atomic E-state index is 13.0. The molecule has 5 heteroatoms. The van der Waals surface area contributed by atoms with Crippen molar-refractivity contribution >= 4 is 5.83 Å². The van der Waals surface area contributed by atoms with Crippen LogP contribution in [-0.4, -0.2) is 6.18 Å². The van der Waals surface area contributed by atoms with Crippen LogP contribution < -0.4 is 0 Å². The van der Waals surface area contributed by atoms with Gasteiger partial charge in [-0.15, -0.1) is 0 Å². The van der Waals surface area contributed by atoms with Gasteiger partial charge in [-0.3, -0.25) is 0 Å². The topological polar surface area (TPSA) is 0 Å². The number of benzene rings is 1. The Morgan fingerprint density at radius 1 is 1.13 bits per heavy atom. The molecule has 1 rings (SSSR count). The van der Waals surface area contributed by atoms with Gasteiger partial charge in [0, 0.05) is 5.56 Å². The molecule has 0 aliphatic rings. The van der Waals surface area contributed by atoms with E-state index in [2.05, 4.69) is 0 Å². The molecular weight excluding hydrogens is 215 g/mol. The normalized spacial score (nSPS) is 13.7. The molecule has 82 valence electrons. The Kier molecular flexibility index (Phi) is 3.12. The van der Waals surface area contributed by atoms with E-state index in [9.17, 15) is 22.0 Å². The second-order valence-electron chi connectivity index (χ2n) is 3.00. The van der Waals surface area contributed by atoms with Crippen LogP contribution in [0.15, 0.2) is 30.1 Å². The first-order valence-corrected chi connectivity index (χ1v) is 4.02. The van der Waals surface area contributed by atoms with Gasteiger partial charge in [0.2, 0.25) is 5.83 Å². The van der Waals surface area contributed by atoms with Crippen molar-refractivity contribution in [3.05, 3.63) is 41.2 Å². The Bertz CT molecular complexity index is 389. The van der Waals surface area contributed by atoms with Crippen LogP contribution in [0.1, 0.15) is 11.1 Å². The molecule has 0 aliphatic carbocycles. The molecule has 15 heavy (non-hydrogen) atoms. The smallest absolute Gasteiger partial charge is 0.203 e. The number of rotatable bonds is 1. The lowest BCUT2D eigenvalue weighted by atomic mass is 10.1. The summed E-state index contributed by atoms with van der Waals surface area (Å²) in [4.78, 5) is 0. The highest BCUT2D eigenvalue weighted by molar-refractivity contribution is 5.62. The number of allylic oxidation sites excluding steroid dienone is 1. The van der Waals surface area contributed by atoms with E-state index in [1.54, 1.807) is 13.0 Å². The molecule has 0 nitrogen and oxygen atoms in total. The highest BCUT2D eigenvalue weighted by Gasteiger charge is 2.38. The maximum Gasteiger partial charge on any atom is 0.445 e. The minimum absolute atomic E-state index is 0.412. The Hall–Kier alpha value is -1.39. The second-order valence-corrected chi connectivity index (χ2v) is 3.00. The van der Waals surface area contributed by atoms with Crippen LogP contribution in [0.4, 0.5) is 22.0 Å². The minimum atomic E-state index is -5.28. The number of hydrogen-bond donors (Lipinski definition) is 0. The van der Waals surface area contributed by atoms with E-state index in [-0.39, 0.29) is 0 Å². The maximum absolute atomic E-state index is 13.0. The van der Waals surface area contributed by atoms with Crippen molar-refractivity contribution < 1.29 is 22.0 Å². The van der Waals surface area contributed by atoms with Crippen LogP contribution >= 0.6 is 0 Å². The first-order valence-electron chi connectivity index (χ1n) is 4.02. The SMILES string of the molecule is Cc1cccc(/C(F)=C(\F)C(F)(F)F)c1. The quantitative estimate of drug-likeness (QED) is 0.625. The summed E-state index contributed by atoms with van der Waals surface area (Å²) in [6, 6.07) is 5.14. The van der Waals surface area contributed by atoms with Gasteiger partial charge in [0.25, 0.3) is 0 Å². The molecule has 0 fully saturated rings. The molecule has 1 aromatic rings. The van der Waals surface area contributed by atoms with Gasteiger partial charge >= 0.3 is 6.18 Å². The third-order valence-corrected chi connectivity index (χ3v) is 1.71. The first kappa shape index (κ1) is 11.7. The Labute approximate surface area is 83.0 Å². The van der Waals surface area contributed by atoms with Crippen molar-refractivity contribution in [3.63, 3.8) is 0 Å². The monoisotopic (exact) mass is 222 g/mol. The minimum Gasteiger partial charge on any atom is -0.203 e. The summed E-state index contributed by atoms with van der Waals surface area (Å²) < 4.78 is 60.9. The average Bonchev–Trinajstić information content (AvgIpc) is 2.14. The van der Waals surface area contributed by atoms with Gasteiger partial charge in [0.1, 0.15) is 0 Å². The zero-order valence-electron chi connectivity index (χ0n) is 7.70. The molecule has 0 bridgehead atoms. The lowest BCUT2D eigenvalue weighted by Gasteiger charge is -2.05. The number of halogens is 5. The summed E-state index contributed by atoms with van der Waals surface area (Å²) in [5, 5.41) is 0. The second kappa shape index (κ2) is 4.00. The zero-order valence-corrected chi connectivity index (χ0v) is 7.70. The summed E-state index contributed by atoms with van der Waals surface area (Å²) in [6.07, 6.45) is -5.28. The fraction of sp³-hybridized carbons (Fsp3) is 0.200. The van der Waals surface area contributed by atoms with Gasteiger partial charge in [-0.25, -0.2) is 4.39 Å². The van der Waals surface area contributed by atoms with Crippen LogP contribution in [0.5, 0.6) is 0 Å². The van der Waals surface area contributed by atoms with Crippen molar-refractivity contribution in [2.24, 2.45) is 0 Å². The van der Waals surface area contributed by atoms with Gasteiger partial charge in [-0.05, 0) is 13.0 Å². The highest BCUT2D eigenvalue weighted by atomic mass is 19.4. The number of alkyl halides is 3. The Morgan fingerprint density at radius 2 is 1.73 bits per heavy atom. The molecule has 0 radical (unpaired) electrons. The van der Waals surface area contributed by atoms with Crippen molar-refractivity contribution in [1.29, 1.82) is 0 Å². The Morgan fingerprint density at radius 3 is 2.20 bits per heavy atom. The van der Waals surface area contributed by atoms with E-state index in [1.165, 1.54) is 6.07 Å². The predicted octanol–water partition coefficient (Wildman–Crippen LogP) is 4.16. The molecule has 0 aliphatic heterocycles. The summed E-state index contributed by atoms with van der Waals surface area (Å²) in [7, 11) is 0. The van der Waals surface area contributed by atoms with E-state index < -0.39 is 23.4 Å². The molecule has 0 atom stereocenters. The molecule has 0 N–H and O–H groups in total. The molecule has 0 saturated carbocycles. The van der Waals surface area contributed by atoms with Crippen molar-refractivity contribution in [2.75, 3.05) is 0 Å². The molecule has 0 unspecified atom stereocenters. The van der Waals surface area contributed by atoms with E-state index in [4.69, 9.17) is 0 Å². The third-order valence-electron chi connectivity index (χ3n) is 1.71. The molecule has 0 saturated heterocycles. The lowest BCUT2D eigenvalue weighted by Crippen LogP contribution is -2.09. The standard InChI is InChI=1S/C10H7F5/c1-6-3-2-4-7(5-6)8(11)9(12)10(13,14)15/h2-5H,1H3/b9-8+. The van der Waals surface area contributed by atoms with Gasteiger partial charge in [-0.2, -0.15) is 17.6 Å². The first-order chi connectivity index (χ1) is 6.82. The largest absolute Gasteiger partial charge is 0.445 e. The van der Waals surface area contributed by atoms with Crippen molar-refractivity contribution in [1.82, 2.24) is 0 Å². The zero-order chi connectivity index (χ0) is 11.6. The van der Waals surface area contributed by atoms with Crippen LogP contribution in [0.3, 0.4) is 0 Å². The van der Waals surface area contributed by atoms with Crippen LogP contribution in [-0.2, 0) is 0 Å². The molecule has 0 heterocycles. The van der Waals surface area contributed by atoms with Gasteiger partial charge < -0.3 is 0 Å². The van der Waals surface area contributed by atoms with E-state index in [1.807, 2.05) is 0 Å². The number of aryl methyl sites for hydroxylation is 1. The summed E-state index contributed by atoms with van der Waals surface area (Å²) in [5.41, 5.74) is 0.141. The molecule has 0 aromatic heterocycles. The third kappa shape index (κ3) is 2.78. The molecule has 0 amide bonds. The van der Waals surface area contributed by atoms with Crippen LogP contribution in [0.2, 0.25) is 0 Å². The average molecular weight is 222 g/mol. The summed E-state index contributed by atoms with van der Waals surface area (Å²) in [6.45, 7) is 1.57. The van der Waals surface area contributed by atoms with E-state index in [0.717, 1.165) is 12.1 Å². The number of hydrogen-bond acceptors (Lipinski definition) is 0. The van der Waals surface area contributed by atoms with Crippen LogP contribution in [0, 0.1) is 6.92 Å². The molecule has 1 aromatic carbocycles. The van der Waals surface area contributed by atoms with E-state index >= 15 is 0 Å². The lowest BCUT2D eigenvalue weighted by molar-refractivity contribution is -0.108. The molecule has 0 spiro atoms. The van der Waals surface area contributed by atoms with Crippen molar-refractivity contribution in [2.45, 2.75) is 13.1 Å². The fourth-order valence-corrected chi connectivity index (χ4v) is 1.03. The van der Waals surface area contributed by atoms with Gasteiger partial charge in [0.05, 0.1) is 0 Å². The summed E-state index contributed by atoms with van der Waals surface area (Å²) >= 11 is 0. The van der Waals surface area contributed by atoms with E-state index in [0.29, 0.717) is 5.56 Å². The van der Waals surface area contributed by atoms with Crippen LogP contribution in [0.25, 0.3) is 5.83 Å². The molecular formula is C10H7F5.